The summed E-state index contributed by atoms with van der Waals surface area (Å²) in [7, 11) is 7.64. The molecule has 0 atom stereocenters. The van der Waals surface area contributed by atoms with Crippen molar-refractivity contribution in [3.05, 3.63) is 15.6 Å². The highest BCUT2D eigenvalue weighted by Crippen LogP contribution is 2.26. The SMILES string of the molecule is Bc1c(B)c(Br)c(C(=O)C2CCN(C)CC2)c(C(=O)O)c1B. The van der Waals surface area contributed by atoms with Crippen molar-refractivity contribution in [2.45, 2.75) is 12.8 Å². The van der Waals surface area contributed by atoms with Crippen LogP contribution in [0.1, 0.15) is 33.6 Å². The van der Waals surface area contributed by atoms with Gasteiger partial charge in [-0.15, -0.1) is 0 Å². The van der Waals surface area contributed by atoms with Crippen molar-refractivity contribution in [3.63, 3.8) is 0 Å². The fraction of sp³-hybridized carbons (Fsp3) is 0.429. The van der Waals surface area contributed by atoms with Gasteiger partial charge in [0, 0.05) is 16.0 Å². The smallest absolute Gasteiger partial charge is 0.335 e. The zero-order valence-electron chi connectivity index (χ0n) is 13.5. The molecule has 1 N–H and O–H groups in total. The molecule has 114 valence electrons. The topological polar surface area (TPSA) is 57.6 Å². The molecule has 1 aromatic carbocycles. The second-order valence-corrected chi connectivity index (χ2v) is 6.98. The van der Waals surface area contributed by atoms with Gasteiger partial charge in [0.15, 0.2) is 5.78 Å². The molecule has 1 saturated heterocycles. The summed E-state index contributed by atoms with van der Waals surface area (Å²) < 4.78 is 0.636. The highest BCUT2D eigenvalue weighted by Gasteiger charge is 2.31. The van der Waals surface area contributed by atoms with Crippen LogP contribution in [0.5, 0.6) is 0 Å². The Bertz CT molecular complexity index is 643. The van der Waals surface area contributed by atoms with E-state index in [1.165, 1.54) is 0 Å². The van der Waals surface area contributed by atoms with Gasteiger partial charge in [0.2, 0.25) is 0 Å². The molecule has 0 bridgehead atoms. The molecule has 0 unspecified atom stereocenters. The number of hydrogen-bond donors (Lipinski definition) is 1. The van der Waals surface area contributed by atoms with Crippen LogP contribution < -0.4 is 16.4 Å². The molecule has 0 amide bonds. The number of carbonyl (C=O) groups excluding carboxylic acids is 1. The van der Waals surface area contributed by atoms with Gasteiger partial charge in [-0.25, -0.2) is 4.79 Å². The number of aromatic carboxylic acids is 1. The number of hydrogen-bond acceptors (Lipinski definition) is 3. The highest BCUT2D eigenvalue weighted by molar-refractivity contribution is 9.10. The highest BCUT2D eigenvalue weighted by atomic mass is 79.9. The van der Waals surface area contributed by atoms with Gasteiger partial charge in [-0.05, 0) is 33.0 Å². The molecule has 8 heteroatoms. The minimum absolute atomic E-state index is 0.0384. The lowest BCUT2D eigenvalue weighted by atomic mass is 9.68. The van der Waals surface area contributed by atoms with Gasteiger partial charge in [-0.3, -0.25) is 4.79 Å². The number of rotatable bonds is 3. The molecule has 0 spiro atoms. The van der Waals surface area contributed by atoms with E-state index < -0.39 is 5.97 Å². The van der Waals surface area contributed by atoms with Crippen molar-refractivity contribution < 1.29 is 14.7 Å². The lowest BCUT2D eigenvalue weighted by Crippen LogP contribution is -2.45. The number of benzene rings is 1. The van der Waals surface area contributed by atoms with Gasteiger partial charge < -0.3 is 10.0 Å². The van der Waals surface area contributed by atoms with Gasteiger partial charge in [0.1, 0.15) is 23.5 Å². The maximum atomic E-state index is 13.0. The molecular weight excluding hydrogens is 342 g/mol. The van der Waals surface area contributed by atoms with Crippen LogP contribution in [0.4, 0.5) is 0 Å². The third kappa shape index (κ3) is 3.04. The van der Waals surface area contributed by atoms with E-state index in [2.05, 4.69) is 20.8 Å². The first-order valence-corrected chi connectivity index (χ1v) is 8.30. The lowest BCUT2D eigenvalue weighted by molar-refractivity contribution is 0.0689. The Kier molecular flexibility index (Phi) is 5.23. The summed E-state index contributed by atoms with van der Waals surface area (Å²) in [5.41, 5.74) is 3.05. The van der Waals surface area contributed by atoms with Crippen LogP contribution in [0.15, 0.2) is 4.47 Å². The van der Waals surface area contributed by atoms with Crippen LogP contribution in [0.3, 0.4) is 0 Å². The Hall–Kier alpha value is -1.01. The average molecular weight is 362 g/mol. The van der Waals surface area contributed by atoms with Crippen LogP contribution in [0.2, 0.25) is 0 Å². The monoisotopic (exact) mass is 361 g/mol. The summed E-state index contributed by atoms with van der Waals surface area (Å²) in [6.07, 6.45) is 1.57. The quantitative estimate of drug-likeness (QED) is 0.476. The predicted octanol–water partition coefficient (Wildman–Crippen LogP) is -2.55. The van der Waals surface area contributed by atoms with E-state index in [-0.39, 0.29) is 17.3 Å². The molecule has 2 rings (SSSR count). The van der Waals surface area contributed by atoms with Gasteiger partial charge in [0.05, 0.1) is 5.56 Å². The molecule has 0 radical (unpaired) electrons. The summed E-state index contributed by atoms with van der Waals surface area (Å²) in [5.74, 6) is -1.16. The van der Waals surface area contributed by atoms with E-state index in [0.717, 1.165) is 36.9 Å². The predicted molar refractivity (Wildman–Crippen MR) is 100 cm³/mol. The molecule has 1 aromatic rings. The van der Waals surface area contributed by atoms with Gasteiger partial charge in [0.25, 0.3) is 0 Å². The fourth-order valence-electron chi connectivity index (χ4n) is 3.09. The zero-order valence-corrected chi connectivity index (χ0v) is 15.1. The van der Waals surface area contributed by atoms with Crippen LogP contribution in [0.25, 0.3) is 0 Å². The van der Waals surface area contributed by atoms with Crippen molar-refractivity contribution in [1.82, 2.24) is 4.90 Å². The maximum Gasteiger partial charge on any atom is 0.335 e. The molecule has 1 aliphatic heterocycles. The number of carbonyl (C=O) groups is 2. The van der Waals surface area contributed by atoms with Crippen LogP contribution >= 0.6 is 15.9 Å². The second kappa shape index (κ2) is 6.63. The molecule has 1 heterocycles. The number of halogens is 1. The Morgan fingerprint density at radius 3 is 2.14 bits per heavy atom. The third-order valence-corrected chi connectivity index (χ3v) is 5.84. The fourth-order valence-corrected chi connectivity index (χ4v) is 3.78. The van der Waals surface area contributed by atoms with E-state index in [0.29, 0.717) is 15.5 Å². The summed E-state index contributed by atoms with van der Waals surface area (Å²) in [6.45, 7) is 1.75. The van der Waals surface area contributed by atoms with Crippen molar-refractivity contribution in [3.8, 4) is 0 Å². The molecule has 1 fully saturated rings. The average Bonchev–Trinajstić information content (AvgIpc) is 2.48. The van der Waals surface area contributed by atoms with Gasteiger partial charge in [-0.1, -0.05) is 32.3 Å². The Labute approximate surface area is 142 Å². The van der Waals surface area contributed by atoms with E-state index in [1.807, 2.05) is 22.7 Å². The molecule has 1 aliphatic rings. The molecular formula is C14H19B3BrNO3. The normalized spacial score (nSPS) is 16.6. The summed E-state index contributed by atoms with van der Waals surface area (Å²) in [5, 5.41) is 9.59. The zero-order chi connectivity index (χ0) is 16.6. The second-order valence-electron chi connectivity index (χ2n) is 6.19. The van der Waals surface area contributed by atoms with Crippen LogP contribution in [-0.4, -0.2) is 65.4 Å². The van der Waals surface area contributed by atoms with Crippen LogP contribution in [0, 0.1) is 5.92 Å². The number of carboxylic acid groups (broad SMARTS) is 1. The summed E-state index contributed by atoms with van der Waals surface area (Å²) >= 11 is 3.47. The standard InChI is InChI=1S/C14H19B3BrNO3/c1-19-4-2-6(3-5-19)13(20)8-7(14(21)22)9(15)10(16)11(17)12(8)18/h6H,2-5,15-17H2,1H3,(H,21,22). The molecule has 0 saturated carbocycles. The van der Waals surface area contributed by atoms with Crippen molar-refractivity contribution >= 4 is 67.6 Å². The number of Topliss-reactive ketones (excluding diaryl/α,β-unsaturated/α-hetero) is 1. The van der Waals surface area contributed by atoms with Crippen molar-refractivity contribution in [2.24, 2.45) is 5.92 Å². The van der Waals surface area contributed by atoms with Gasteiger partial charge >= 0.3 is 5.97 Å². The number of likely N-dealkylation sites (tertiary alicyclic amines) is 1. The summed E-state index contributed by atoms with van der Waals surface area (Å²) in [6, 6.07) is 0. The third-order valence-electron chi connectivity index (χ3n) is 4.85. The largest absolute Gasteiger partial charge is 0.478 e. The number of carboxylic acids is 1. The Balaban J connectivity index is 2.54. The van der Waals surface area contributed by atoms with E-state index in [9.17, 15) is 14.7 Å². The molecule has 4 nitrogen and oxygen atoms in total. The van der Waals surface area contributed by atoms with E-state index in [4.69, 9.17) is 0 Å². The Morgan fingerprint density at radius 1 is 1.09 bits per heavy atom. The molecule has 0 aromatic heterocycles. The lowest BCUT2D eigenvalue weighted by Gasteiger charge is -2.29. The molecule has 22 heavy (non-hydrogen) atoms. The first-order valence-electron chi connectivity index (χ1n) is 7.51. The van der Waals surface area contributed by atoms with E-state index in [1.54, 1.807) is 7.85 Å². The Morgan fingerprint density at radius 2 is 1.64 bits per heavy atom. The van der Waals surface area contributed by atoms with Gasteiger partial charge in [-0.2, -0.15) is 0 Å². The number of ketones is 1. The number of nitrogens with zero attached hydrogens (tertiary/aromatic N) is 1. The van der Waals surface area contributed by atoms with Crippen LogP contribution in [-0.2, 0) is 0 Å². The first-order chi connectivity index (χ1) is 10.3. The first kappa shape index (κ1) is 17.4. The van der Waals surface area contributed by atoms with Crippen molar-refractivity contribution in [2.75, 3.05) is 20.1 Å². The summed E-state index contributed by atoms with van der Waals surface area (Å²) in [4.78, 5) is 26.9. The maximum absolute atomic E-state index is 13.0. The van der Waals surface area contributed by atoms with Crippen molar-refractivity contribution in [1.29, 1.82) is 0 Å². The number of piperidine rings is 1. The van der Waals surface area contributed by atoms with E-state index >= 15 is 0 Å². The minimum Gasteiger partial charge on any atom is -0.478 e. The molecule has 0 aliphatic carbocycles. The minimum atomic E-state index is -1.03.